The first-order valence-electron chi connectivity index (χ1n) is 6.67. The summed E-state index contributed by atoms with van der Waals surface area (Å²) >= 11 is 3.47. The highest BCUT2D eigenvalue weighted by Crippen LogP contribution is 2.20. The Kier molecular flexibility index (Phi) is 3.88. The minimum Gasteiger partial charge on any atom is -0.444 e. The first kappa shape index (κ1) is 14.0. The number of hydrogen-bond donors (Lipinski definition) is 0. The van der Waals surface area contributed by atoms with Crippen molar-refractivity contribution in [3.05, 3.63) is 53.7 Å². The SMILES string of the molecule is Cc1ccc(-c2nc(Cn3cc(C(C)Br)nn3)co2)cc1. The van der Waals surface area contributed by atoms with Gasteiger partial charge in [0, 0.05) is 5.56 Å². The van der Waals surface area contributed by atoms with Crippen LogP contribution in [0.2, 0.25) is 0 Å². The zero-order chi connectivity index (χ0) is 14.8. The van der Waals surface area contributed by atoms with Gasteiger partial charge in [-0.25, -0.2) is 9.67 Å². The van der Waals surface area contributed by atoms with E-state index in [2.05, 4.69) is 38.1 Å². The van der Waals surface area contributed by atoms with Gasteiger partial charge in [0.2, 0.25) is 5.89 Å². The molecule has 108 valence electrons. The molecular weight excluding hydrogens is 332 g/mol. The molecule has 0 N–H and O–H groups in total. The Balaban J connectivity index is 1.76. The number of aromatic nitrogens is 4. The highest BCUT2D eigenvalue weighted by atomic mass is 79.9. The van der Waals surface area contributed by atoms with Crippen LogP contribution in [-0.4, -0.2) is 20.0 Å². The summed E-state index contributed by atoms with van der Waals surface area (Å²) in [5, 5.41) is 8.18. The zero-order valence-electron chi connectivity index (χ0n) is 11.8. The fraction of sp³-hybridized carbons (Fsp3) is 0.267. The standard InChI is InChI=1S/C15H15BrN4O/c1-10-3-5-12(6-4-10)15-17-13(9-21-15)7-20-8-14(11(2)16)18-19-20/h3-6,8-9,11H,7H2,1-2H3. The molecule has 0 bridgehead atoms. The minimum absolute atomic E-state index is 0.187. The van der Waals surface area contributed by atoms with Crippen molar-refractivity contribution in [3.63, 3.8) is 0 Å². The van der Waals surface area contributed by atoms with Crippen molar-refractivity contribution >= 4 is 15.9 Å². The Morgan fingerprint density at radius 2 is 2.05 bits per heavy atom. The Morgan fingerprint density at radius 3 is 2.71 bits per heavy atom. The largest absolute Gasteiger partial charge is 0.444 e. The van der Waals surface area contributed by atoms with Gasteiger partial charge in [-0.2, -0.15) is 0 Å². The summed E-state index contributed by atoms with van der Waals surface area (Å²) in [6.45, 7) is 4.61. The van der Waals surface area contributed by atoms with Crippen molar-refractivity contribution in [3.8, 4) is 11.5 Å². The lowest BCUT2D eigenvalue weighted by Crippen LogP contribution is -2.00. The molecule has 1 unspecified atom stereocenters. The Labute approximate surface area is 131 Å². The number of benzene rings is 1. The van der Waals surface area contributed by atoms with Crippen molar-refractivity contribution in [1.82, 2.24) is 20.0 Å². The van der Waals surface area contributed by atoms with Crippen molar-refractivity contribution in [2.24, 2.45) is 0 Å². The Bertz CT molecular complexity index is 730. The molecule has 21 heavy (non-hydrogen) atoms. The molecule has 0 spiro atoms. The van der Waals surface area contributed by atoms with Crippen LogP contribution in [0.5, 0.6) is 0 Å². The maximum atomic E-state index is 5.54. The predicted molar refractivity (Wildman–Crippen MR) is 83.1 cm³/mol. The van der Waals surface area contributed by atoms with Crippen LogP contribution in [0.15, 0.2) is 41.1 Å². The number of alkyl halides is 1. The summed E-state index contributed by atoms with van der Waals surface area (Å²) in [6, 6.07) is 8.09. The molecule has 0 fully saturated rings. The molecule has 3 rings (SSSR count). The van der Waals surface area contributed by atoms with Crippen LogP contribution in [0.3, 0.4) is 0 Å². The average Bonchev–Trinajstić information content (AvgIpc) is 3.10. The van der Waals surface area contributed by atoms with Gasteiger partial charge in [-0.3, -0.25) is 0 Å². The summed E-state index contributed by atoms with van der Waals surface area (Å²) in [4.78, 5) is 4.68. The van der Waals surface area contributed by atoms with Crippen LogP contribution in [0, 0.1) is 6.92 Å². The molecule has 0 radical (unpaired) electrons. The van der Waals surface area contributed by atoms with E-state index in [4.69, 9.17) is 4.42 Å². The van der Waals surface area contributed by atoms with Gasteiger partial charge in [0.15, 0.2) is 0 Å². The van der Waals surface area contributed by atoms with Gasteiger partial charge < -0.3 is 4.42 Å². The second-order valence-corrected chi connectivity index (χ2v) is 6.34. The average molecular weight is 347 g/mol. The molecule has 0 aliphatic carbocycles. The lowest BCUT2D eigenvalue weighted by Gasteiger charge is -1.96. The molecule has 0 saturated carbocycles. The van der Waals surface area contributed by atoms with Gasteiger partial charge in [0.25, 0.3) is 0 Å². The van der Waals surface area contributed by atoms with Crippen LogP contribution in [-0.2, 0) is 6.54 Å². The summed E-state index contributed by atoms with van der Waals surface area (Å²) < 4.78 is 7.29. The van der Waals surface area contributed by atoms with Crippen molar-refractivity contribution in [2.75, 3.05) is 0 Å². The number of oxazole rings is 1. The molecule has 5 nitrogen and oxygen atoms in total. The van der Waals surface area contributed by atoms with E-state index in [-0.39, 0.29) is 4.83 Å². The second-order valence-electron chi connectivity index (χ2n) is 4.97. The monoisotopic (exact) mass is 346 g/mol. The quantitative estimate of drug-likeness (QED) is 0.675. The second kappa shape index (κ2) is 5.81. The van der Waals surface area contributed by atoms with Crippen LogP contribution in [0.4, 0.5) is 0 Å². The van der Waals surface area contributed by atoms with Gasteiger partial charge >= 0.3 is 0 Å². The fourth-order valence-electron chi connectivity index (χ4n) is 1.95. The Morgan fingerprint density at radius 1 is 1.29 bits per heavy atom. The first-order valence-corrected chi connectivity index (χ1v) is 7.59. The van der Waals surface area contributed by atoms with E-state index in [0.29, 0.717) is 12.4 Å². The maximum absolute atomic E-state index is 5.54. The van der Waals surface area contributed by atoms with E-state index in [9.17, 15) is 0 Å². The smallest absolute Gasteiger partial charge is 0.226 e. The topological polar surface area (TPSA) is 56.7 Å². The molecule has 0 amide bonds. The van der Waals surface area contributed by atoms with Crippen LogP contribution >= 0.6 is 15.9 Å². The molecule has 2 heterocycles. The van der Waals surface area contributed by atoms with Crippen LogP contribution < -0.4 is 0 Å². The normalized spacial score (nSPS) is 12.5. The van der Waals surface area contributed by atoms with Crippen LogP contribution in [0.1, 0.15) is 28.7 Å². The van der Waals surface area contributed by atoms with Gasteiger partial charge in [-0.05, 0) is 26.0 Å². The van der Waals surface area contributed by atoms with E-state index < -0.39 is 0 Å². The molecule has 6 heteroatoms. The zero-order valence-corrected chi connectivity index (χ0v) is 13.4. The first-order chi connectivity index (χ1) is 10.1. The van der Waals surface area contributed by atoms with Crippen molar-refractivity contribution in [2.45, 2.75) is 25.2 Å². The molecule has 1 atom stereocenters. The third-order valence-corrected chi connectivity index (χ3v) is 3.61. The van der Waals surface area contributed by atoms with E-state index in [0.717, 1.165) is 17.0 Å². The number of halogens is 1. The van der Waals surface area contributed by atoms with Crippen LogP contribution in [0.25, 0.3) is 11.5 Å². The van der Waals surface area contributed by atoms with Gasteiger partial charge in [-0.1, -0.05) is 38.8 Å². The van der Waals surface area contributed by atoms with Crippen molar-refractivity contribution < 1.29 is 4.42 Å². The predicted octanol–water partition coefficient (Wildman–Crippen LogP) is 3.75. The van der Waals surface area contributed by atoms with Gasteiger partial charge in [0.1, 0.15) is 12.0 Å². The van der Waals surface area contributed by atoms with Gasteiger partial charge in [-0.15, -0.1) is 5.10 Å². The number of aryl methyl sites for hydroxylation is 1. The van der Waals surface area contributed by atoms with E-state index in [1.807, 2.05) is 37.4 Å². The summed E-state index contributed by atoms with van der Waals surface area (Å²) in [6.07, 6.45) is 3.56. The van der Waals surface area contributed by atoms with E-state index >= 15 is 0 Å². The number of nitrogens with zero attached hydrogens (tertiary/aromatic N) is 4. The number of rotatable bonds is 4. The summed E-state index contributed by atoms with van der Waals surface area (Å²) in [5.41, 5.74) is 3.91. The van der Waals surface area contributed by atoms with E-state index in [1.165, 1.54) is 5.56 Å². The molecule has 1 aromatic carbocycles. The molecule has 0 aliphatic rings. The van der Waals surface area contributed by atoms with Gasteiger partial charge in [0.05, 0.1) is 23.3 Å². The molecule has 0 aliphatic heterocycles. The van der Waals surface area contributed by atoms with Crippen molar-refractivity contribution in [1.29, 1.82) is 0 Å². The maximum Gasteiger partial charge on any atom is 0.226 e. The molecule has 2 aromatic heterocycles. The highest BCUT2D eigenvalue weighted by Gasteiger charge is 2.10. The third kappa shape index (κ3) is 3.21. The molecular formula is C15H15BrN4O. The highest BCUT2D eigenvalue weighted by molar-refractivity contribution is 9.09. The van der Waals surface area contributed by atoms with E-state index in [1.54, 1.807) is 10.9 Å². The third-order valence-electron chi connectivity index (χ3n) is 3.14. The summed E-state index contributed by atoms with van der Waals surface area (Å²) in [7, 11) is 0. The summed E-state index contributed by atoms with van der Waals surface area (Å²) in [5.74, 6) is 0.624. The lowest BCUT2D eigenvalue weighted by molar-refractivity contribution is 0.568. The Hall–Kier alpha value is -1.95. The fourth-order valence-corrected chi connectivity index (χ4v) is 2.16. The number of hydrogen-bond acceptors (Lipinski definition) is 4. The molecule has 0 saturated heterocycles. The minimum atomic E-state index is 0.187. The molecule has 3 aromatic rings. The lowest BCUT2D eigenvalue weighted by atomic mass is 10.1.